The molecule has 0 saturated carbocycles. The second-order valence-corrected chi connectivity index (χ2v) is 5.08. The lowest BCUT2D eigenvalue weighted by molar-refractivity contribution is 0.383. The molecule has 4 heteroatoms. The number of piperidine rings is 1. The van der Waals surface area contributed by atoms with E-state index in [2.05, 4.69) is 37.6 Å². The first-order chi connectivity index (χ1) is 7.84. The normalized spacial score (nSPS) is 20.9. The predicted octanol–water partition coefficient (Wildman–Crippen LogP) is 2.08. The maximum absolute atomic E-state index is 4.11. The van der Waals surface area contributed by atoms with Crippen LogP contribution in [-0.2, 0) is 6.54 Å². The summed E-state index contributed by atoms with van der Waals surface area (Å²) in [6, 6.07) is 4.76. The van der Waals surface area contributed by atoms with Crippen molar-refractivity contribution < 1.29 is 0 Å². The van der Waals surface area contributed by atoms with E-state index in [-0.39, 0.29) is 0 Å². The topological polar surface area (TPSA) is 37.0 Å². The van der Waals surface area contributed by atoms with Gasteiger partial charge in [-0.25, -0.2) is 4.98 Å². The van der Waals surface area contributed by atoms with Crippen LogP contribution in [-0.4, -0.2) is 24.1 Å². The average molecular weight is 284 g/mol. The highest BCUT2D eigenvalue weighted by Gasteiger charge is 2.11. The lowest BCUT2D eigenvalue weighted by atomic mass is 10.1. The number of nitrogens with one attached hydrogen (secondary N) is 2. The number of halogens is 1. The number of aromatic nitrogens is 1. The van der Waals surface area contributed by atoms with Crippen molar-refractivity contribution in [2.75, 3.05) is 13.1 Å². The van der Waals surface area contributed by atoms with Crippen LogP contribution in [0, 0.1) is 0 Å². The summed E-state index contributed by atoms with van der Waals surface area (Å²) in [5, 5.41) is 7.02. The first-order valence-electron chi connectivity index (χ1n) is 5.89. The molecule has 1 atom stereocenters. The summed E-state index contributed by atoms with van der Waals surface area (Å²) in [5.41, 5.74) is 1.28. The van der Waals surface area contributed by atoms with Crippen molar-refractivity contribution in [1.82, 2.24) is 15.6 Å². The number of hydrogen-bond donors (Lipinski definition) is 2. The van der Waals surface area contributed by atoms with Gasteiger partial charge in [0.05, 0.1) is 0 Å². The summed E-state index contributed by atoms with van der Waals surface area (Å²) in [6.07, 6.45) is 5.82. The van der Waals surface area contributed by atoms with E-state index >= 15 is 0 Å². The molecule has 3 nitrogen and oxygen atoms in total. The molecule has 88 valence electrons. The van der Waals surface area contributed by atoms with Crippen LogP contribution in [0.25, 0.3) is 0 Å². The molecule has 0 radical (unpaired) electrons. The third-order valence-electron chi connectivity index (χ3n) is 2.92. The number of rotatable bonds is 4. The Hall–Kier alpha value is -0.450. The fraction of sp³-hybridized carbons (Fsp3) is 0.583. The van der Waals surface area contributed by atoms with Gasteiger partial charge in [-0.05, 0) is 53.0 Å². The van der Waals surface area contributed by atoms with Crippen LogP contribution in [0.2, 0.25) is 0 Å². The molecule has 1 aromatic heterocycles. The molecule has 2 heterocycles. The maximum Gasteiger partial charge on any atom is 0.106 e. The smallest absolute Gasteiger partial charge is 0.106 e. The second kappa shape index (κ2) is 6.33. The van der Waals surface area contributed by atoms with Crippen molar-refractivity contribution in [3.63, 3.8) is 0 Å². The highest BCUT2D eigenvalue weighted by atomic mass is 79.9. The van der Waals surface area contributed by atoms with Gasteiger partial charge in [0.15, 0.2) is 0 Å². The molecule has 2 rings (SSSR count). The maximum atomic E-state index is 4.11. The monoisotopic (exact) mass is 283 g/mol. The van der Waals surface area contributed by atoms with Crippen LogP contribution in [0.4, 0.5) is 0 Å². The van der Waals surface area contributed by atoms with Crippen LogP contribution in [0.5, 0.6) is 0 Å². The van der Waals surface area contributed by atoms with E-state index in [0.717, 1.165) is 17.7 Å². The van der Waals surface area contributed by atoms with Crippen molar-refractivity contribution in [2.45, 2.75) is 31.8 Å². The van der Waals surface area contributed by atoms with Gasteiger partial charge in [0.2, 0.25) is 0 Å². The molecule has 16 heavy (non-hydrogen) atoms. The number of pyridine rings is 1. The molecule has 0 amide bonds. The van der Waals surface area contributed by atoms with E-state index in [4.69, 9.17) is 0 Å². The van der Waals surface area contributed by atoms with E-state index in [1.165, 1.54) is 31.4 Å². The molecule has 1 aliphatic rings. The first kappa shape index (κ1) is 12.0. The van der Waals surface area contributed by atoms with Gasteiger partial charge in [-0.3, -0.25) is 0 Å². The average Bonchev–Trinajstić information content (AvgIpc) is 2.30. The Morgan fingerprint density at radius 3 is 3.19 bits per heavy atom. The summed E-state index contributed by atoms with van der Waals surface area (Å²) in [6.45, 7) is 3.15. The number of nitrogens with zero attached hydrogens (tertiary/aromatic N) is 1. The van der Waals surface area contributed by atoms with E-state index in [1.54, 1.807) is 0 Å². The van der Waals surface area contributed by atoms with Gasteiger partial charge >= 0.3 is 0 Å². The Bertz CT molecular complexity index is 324. The number of hydrogen-bond acceptors (Lipinski definition) is 3. The molecule has 2 N–H and O–H groups in total. The summed E-state index contributed by atoms with van der Waals surface area (Å²) >= 11 is 3.38. The van der Waals surface area contributed by atoms with Crippen molar-refractivity contribution in [1.29, 1.82) is 0 Å². The standard InChI is InChI=1S/C12H18BrN3/c13-12-7-10(4-6-16-12)8-14-9-11-3-1-2-5-15-11/h4,6-7,11,14-15H,1-3,5,8-9H2/t11-/m1/s1. The fourth-order valence-corrected chi connectivity index (χ4v) is 2.45. The molecule has 0 aliphatic carbocycles. The van der Waals surface area contributed by atoms with Crippen LogP contribution >= 0.6 is 15.9 Å². The summed E-state index contributed by atoms with van der Waals surface area (Å²) in [7, 11) is 0. The zero-order valence-corrected chi connectivity index (χ0v) is 11.0. The second-order valence-electron chi connectivity index (χ2n) is 4.26. The zero-order chi connectivity index (χ0) is 11.2. The largest absolute Gasteiger partial charge is 0.313 e. The Morgan fingerprint density at radius 1 is 1.50 bits per heavy atom. The lowest BCUT2D eigenvalue weighted by Crippen LogP contribution is -2.41. The van der Waals surface area contributed by atoms with Crippen LogP contribution < -0.4 is 10.6 Å². The van der Waals surface area contributed by atoms with Crippen LogP contribution in [0.15, 0.2) is 22.9 Å². The molecule has 1 fully saturated rings. The van der Waals surface area contributed by atoms with E-state index in [0.29, 0.717) is 6.04 Å². The van der Waals surface area contributed by atoms with Crippen molar-refractivity contribution in [3.05, 3.63) is 28.5 Å². The Labute approximate surface area is 105 Å². The van der Waals surface area contributed by atoms with E-state index in [9.17, 15) is 0 Å². The van der Waals surface area contributed by atoms with Crippen LogP contribution in [0.3, 0.4) is 0 Å². The molecule has 0 unspecified atom stereocenters. The Balaban J connectivity index is 1.71. The molecule has 1 aromatic rings. The molecule has 0 spiro atoms. The highest BCUT2D eigenvalue weighted by Crippen LogP contribution is 2.08. The van der Waals surface area contributed by atoms with Gasteiger partial charge < -0.3 is 10.6 Å². The summed E-state index contributed by atoms with van der Waals surface area (Å²) in [5.74, 6) is 0. The van der Waals surface area contributed by atoms with Gasteiger partial charge in [0, 0.05) is 25.3 Å². The molecular formula is C12H18BrN3. The van der Waals surface area contributed by atoms with Crippen molar-refractivity contribution in [2.24, 2.45) is 0 Å². The quantitative estimate of drug-likeness (QED) is 0.831. The highest BCUT2D eigenvalue weighted by molar-refractivity contribution is 9.10. The van der Waals surface area contributed by atoms with Gasteiger partial charge in [-0.2, -0.15) is 0 Å². The Kier molecular flexibility index (Phi) is 4.75. The third kappa shape index (κ3) is 3.85. The minimum Gasteiger partial charge on any atom is -0.313 e. The first-order valence-corrected chi connectivity index (χ1v) is 6.68. The summed E-state index contributed by atoms with van der Waals surface area (Å²) in [4.78, 5) is 4.11. The SMILES string of the molecule is Brc1cc(CNC[C@H]2CCCCN2)ccn1. The van der Waals surface area contributed by atoms with E-state index in [1.807, 2.05) is 12.3 Å². The molecule has 0 aromatic carbocycles. The molecule has 1 aliphatic heterocycles. The van der Waals surface area contributed by atoms with E-state index < -0.39 is 0 Å². The van der Waals surface area contributed by atoms with Crippen molar-refractivity contribution >= 4 is 15.9 Å². The zero-order valence-electron chi connectivity index (χ0n) is 9.38. The van der Waals surface area contributed by atoms with Gasteiger partial charge in [-0.15, -0.1) is 0 Å². The van der Waals surface area contributed by atoms with Gasteiger partial charge in [0.25, 0.3) is 0 Å². The minimum absolute atomic E-state index is 0.652. The molecular weight excluding hydrogens is 266 g/mol. The third-order valence-corrected chi connectivity index (χ3v) is 3.36. The fourth-order valence-electron chi connectivity index (χ4n) is 2.04. The minimum atomic E-state index is 0.652. The van der Waals surface area contributed by atoms with Gasteiger partial charge in [0.1, 0.15) is 4.60 Å². The molecule has 1 saturated heterocycles. The van der Waals surface area contributed by atoms with Crippen LogP contribution in [0.1, 0.15) is 24.8 Å². The lowest BCUT2D eigenvalue weighted by Gasteiger charge is -2.23. The Morgan fingerprint density at radius 2 is 2.44 bits per heavy atom. The summed E-state index contributed by atoms with van der Waals surface area (Å²) < 4.78 is 0.905. The predicted molar refractivity (Wildman–Crippen MR) is 69.3 cm³/mol. The van der Waals surface area contributed by atoms with Crippen molar-refractivity contribution in [3.8, 4) is 0 Å². The van der Waals surface area contributed by atoms with Gasteiger partial charge in [-0.1, -0.05) is 6.42 Å². The molecule has 0 bridgehead atoms.